The Kier molecular flexibility index (Phi) is 2.81. The highest BCUT2D eigenvalue weighted by Crippen LogP contribution is 2.38. The predicted octanol–water partition coefficient (Wildman–Crippen LogP) is 2.53. The molecule has 3 rings (SSSR count). The lowest BCUT2D eigenvalue weighted by atomic mass is 10.2. The lowest BCUT2D eigenvalue weighted by Gasteiger charge is -2.15. The molecule has 0 bridgehead atoms. The Morgan fingerprint density at radius 1 is 1.30 bits per heavy atom. The van der Waals surface area contributed by atoms with Crippen LogP contribution in [0.2, 0.25) is 0 Å². The van der Waals surface area contributed by atoms with Gasteiger partial charge in [-0.25, -0.2) is 9.78 Å². The molecule has 1 N–H and O–H groups in total. The Balaban J connectivity index is 2.28. The lowest BCUT2D eigenvalue weighted by Crippen LogP contribution is -2.18. The monoisotopic (exact) mass is 276 g/mol. The SMILES string of the molecule is CC(C)c1nc2cc3c(cc2n1C(C)C(=O)O)OCO3. The third-order valence-electron chi connectivity index (χ3n) is 3.47. The highest BCUT2D eigenvalue weighted by atomic mass is 16.7. The number of rotatable bonds is 3. The number of carbonyl (C=O) groups is 1. The Morgan fingerprint density at radius 3 is 2.55 bits per heavy atom. The van der Waals surface area contributed by atoms with Crippen LogP contribution in [0.15, 0.2) is 12.1 Å². The van der Waals surface area contributed by atoms with Crippen LogP contribution in [0.1, 0.15) is 38.6 Å². The van der Waals surface area contributed by atoms with Gasteiger partial charge in [-0.3, -0.25) is 0 Å². The second-order valence-electron chi connectivity index (χ2n) is 5.20. The van der Waals surface area contributed by atoms with Crippen molar-refractivity contribution in [3.63, 3.8) is 0 Å². The maximum absolute atomic E-state index is 11.3. The zero-order chi connectivity index (χ0) is 14.4. The molecule has 20 heavy (non-hydrogen) atoms. The summed E-state index contributed by atoms with van der Waals surface area (Å²) in [5, 5.41) is 9.31. The van der Waals surface area contributed by atoms with E-state index in [1.165, 1.54) is 0 Å². The van der Waals surface area contributed by atoms with Crippen LogP contribution in [0, 0.1) is 0 Å². The highest BCUT2D eigenvalue weighted by molar-refractivity contribution is 5.83. The summed E-state index contributed by atoms with van der Waals surface area (Å²) < 4.78 is 12.5. The number of nitrogens with zero attached hydrogens (tertiary/aromatic N) is 2. The first-order valence-corrected chi connectivity index (χ1v) is 6.53. The molecule has 0 radical (unpaired) electrons. The van der Waals surface area contributed by atoms with Gasteiger partial charge in [-0.1, -0.05) is 13.8 Å². The van der Waals surface area contributed by atoms with Crippen molar-refractivity contribution in [1.29, 1.82) is 0 Å². The molecule has 0 amide bonds. The number of aliphatic carboxylic acids is 1. The number of aromatic nitrogens is 2. The fraction of sp³-hybridized carbons (Fsp3) is 0.429. The molecule has 1 aliphatic heterocycles. The van der Waals surface area contributed by atoms with Crippen molar-refractivity contribution >= 4 is 17.0 Å². The van der Waals surface area contributed by atoms with Crippen LogP contribution < -0.4 is 9.47 Å². The number of carboxylic acid groups (broad SMARTS) is 1. The predicted molar refractivity (Wildman–Crippen MR) is 72.3 cm³/mol. The van der Waals surface area contributed by atoms with E-state index in [4.69, 9.17) is 9.47 Å². The number of imidazole rings is 1. The molecule has 1 unspecified atom stereocenters. The summed E-state index contributed by atoms with van der Waals surface area (Å²) in [6.45, 7) is 5.83. The van der Waals surface area contributed by atoms with Crippen molar-refractivity contribution in [3.8, 4) is 11.5 Å². The number of hydrogen-bond acceptors (Lipinski definition) is 4. The molecule has 0 saturated carbocycles. The second kappa shape index (κ2) is 4.40. The smallest absolute Gasteiger partial charge is 0.326 e. The second-order valence-corrected chi connectivity index (χ2v) is 5.20. The van der Waals surface area contributed by atoms with E-state index < -0.39 is 12.0 Å². The van der Waals surface area contributed by atoms with Gasteiger partial charge in [0.1, 0.15) is 11.9 Å². The summed E-state index contributed by atoms with van der Waals surface area (Å²) in [5.41, 5.74) is 1.49. The molecule has 0 saturated heterocycles. The Labute approximate surface area is 115 Å². The van der Waals surface area contributed by atoms with Gasteiger partial charge in [0.25, 0.3) is 0 Å². The largest absolute Gasteiger partial charge is 0.480 e. The Hall–Kier alpha value is -2.24. The summed E-state index contributed by atoms with van der Waals surface area (Å²) in [4.78, 5) is 15.9. The fourth-order valence-corrected chi connectivity index (χ4v) is 2.43. The molecule has 6 nitrogen and oxygen atoms in total. The Bertz CT molecular complexity index is 690. The van der Waals surface area contributed by atoms with E-state index in [-0.39, 0.29) is 12.7 Å². The van der Waals surface area contributed by atoms with Crippen molar-refractivity contribution in [2.45, 2.75) is 32.7 Å². The molecule has 106 valence electrons. The van der Waals surface area contributed by atoms with E-state index >= 15 is 0 Å². The summed E-state index contributed by atoms with van der Waals surface area (Å²) in [6, 6.07) is 2.92. The third-order valence-corrected chi connectivity index (χ3v) is 3.47. The first-order valence-electron chi connectivity index (χ1n) is 6.53. The number of fused-ring (bicyclic) bond motifs is 2. The molecule has 2 aromatic rings. The number of benzene rings is 1. The van der Waals surface area contributed by atoms with E-state index in [2.05, 4.69) is 4.98 Å². The van der Waals surface area contributed by atoms with Crippen LogP contribution in [0.3, 0.4) is 0 Å². The Morgan fingerprint density at radius 2 is 1.95 bits per heavy atom. The molecule has 1 aromatic carbocycles. The molecule has 2 heterocycles. The van der Waals surface area contributed by atoms with Crippen LogP contribution in [0.4, 0.5) is 0 Å². The van der Waals surface area contributed by atoms with Crippen LogP contribution in [0.25, 0.3) is 11.0 Å². The minimum atomic E-state index is -0.885. The third kappa shape index (κ3) is 1.79. The minimum Gasteiger partial charge on any atom is -0.480 e. The minimum absolute atomic E-state index is 0.126. The van der Waals surface area contributed by atoms with Crippen LogP contribution in [-0.4, -0.2) is 27.4 Å². The van der Waals surface area contributed by atoms with Crippen molar-refractivity contribution < 1.29 is 19.4 Å². The lowest BCUT2D eigenvalue weighted by molar-refractivity contribution is -0.140. The van der Waals surface area contributed by atoms with E-state index in [1.54, 1.807) is 23.6 Å². The zero-order valence-electron chi connectivity index (χ0n) is 11.6. The van der Waals surface area contributed by atoms with Crippen LogP contribution in [0.5, 0.6) is 11.5 Å². The average molecular weight is 276 g/mol. The van der Waals surface area contributed by atoms with Crippen molar-refractivity contribution in [3.05, 3.63) is 18.0 Å². The zero-order valence-corrected chi connectivity index (χ0v) is 11.6. The van der Waals surface area contributed by atoms with Crippen molar-refractivity contribution in [1.82, 2.24) is 9.55 Å². The molecule has 1 aromatic heterocycles. The van der Waals surface area contributed by atoms with Gasteiger partial charge in [-0.15, -0.1) is 0 Å². The van der Waals surface area contributed by atoms with E-state index in [0.717, 1.165) is 16.9 Å². The average Bonchev–Trinajstić information content (AvgIpc) is 2.97. The molecule has 1 atom stereocenters. The molecular weight excluding hydrogens is 260 g/mol. The molecule has 6 heteroatoms. The van der Waals surface area contributed by atoms with E-state index in [1.807, 2.05) is 13.8 Å². The van der Waals surface area contributed by atoms with Crippen molar-refractivity contribution in [2.24, 2.45) is 0 Å². The summed E-state index contributed by atoms with van der Waals surface area (Å²) in [5.74, 6) is 1.27. The quantitative estimate of drug-likeness (QED) is 0.932. The molecular formula is C14H16N2O4. The first kappa shape index (κ1) is 12.8. The van der Waals surface area contributed by atoms with E-state index in [0.29, 0.717) is 11.5 Å². The maximum atomic E-state index is 11.3. The van der Waals surface area contributed by atoms with Gasteiger partial charge in [0.05, 0.1) is 11.0 Å². The molecule has 0 fully saturated rings. The molecule has 1 aliphatic rings. The van der Waals surface area contributed by atoms with Gasteiger partial charge >= 0.3 is 5.97 Å². The summed E-state index contributed by atoms with van der Waals surface area (Å²) in [7, 11) is 0. The van der Waals surface area contributed by atoms with Gasteiger partial charge < -0.3 is 19.1 Å². The number of carboxylic acids is 1. The maximum Gasteiger partial charge on any atom is 0.326 e. The number of ether oxygens (including phenoxy) is 2. The van der Waals surface area contributed by atoms with Gasteiger partial charge in [-0.05, 0) is 6.92 Å². The summed E-state index contributed by atoms with van der Waals surface area (Å²) >= 11 is 0. The summed E-state index contributed by atoms with van der Waals surface area (Å²) in [6.07, 6.45) is 0. The van der Waals surface area contributed by atoms with Crippen LogP contribution >= 0.6 is 0 Å². The van der Waals surface area contributed by atoms with Gasteiger partial charge in [0, 0.05) is 18.1 Å². The van der Waals surface area contributed by atoms with Gasteiger partial charge in [0.2, 0.25) is 6.79 Å². The van der Waals surface area contributed by atoms with Gasteiger partial charge in [-0.2, -0.15) is 0 Å². The fourth-order valence-electron chi connectivity index (χ4n) is 2.43. The normalized spacial score (nSPS) is 15.0. The van der Waals surface area contributed by atoms with Crippen molar-refractivity contribution in [2.75, 3.05) is 6.79 Å². The van der Waals surface area contributed by atoms with Gasteiger partial charge in [0.15, 0.2) is 11.5 Å². The highest BCUT2D eigenvalue weighted by Gasteiger charge is 2.25. The first-order chi connectivity index (χ1) is 9.49. The topological polar surface area (TPSA) is 73.6 Å². The standard InChI is InChI=1S/C14H16N2O4/c1-7(2)13-15-9-4-11-12(20-6-19-11)5-10(9)16(13)8(3)14(17)18/h4-5,7-8H,6H2,1-3H3,(H,17,18). The number of hydrogen-bond donors (Lipinski definition) is 1. The molecule has 0 spiro atoms. The van der Waals surface area contributed by atoms with E-state index in [9.17, 15) is 9.90 Å². The molecule has 0 aliphatic carbocycles. The van der Waals surface area contributed by atoms with Crippen LogP contribution in [-0.2, 0) is 4.79 Å².